The number of amides is 1. The minimum atomic E-state index is -3.68. The Morgan fingerprint density at radius 1 is 1.09 bits per heavy atom. The molecule has 0 N–H and O–H groups in total. The van der Waals surface area contributed by atoms with Gasteiger partial charge in [-0.2, -0.15) is 4.31 Å². The molecule has 1 aliphatic carbocycles. The van der Waals surface area contributed by atoms with Crippen molar-refractivity contribution >= 4 is 33.2 Å². The van der Waals surface area contributed by atoms with Gasteiger partial charge in [0.05, 0.1) is 5.75 Å². The quantitative estimate of drug-likeness (QED) is 0.584. The van der Waals surface area contributed by atoms with Crippen LogP contribution in [0.2, 0.25) is 5.02 Å². The minimum Gasteiger partial charge on any atom is -0.368 e. The molecular formula is C24H29ClFN3O3S. The summed E-state index contributed by atoms with van der Waals surface area (Å²) in [7, 11) is -3.68. The van der Waals surface area contributed by atoms with E-state index >= 15 is 4.39 Å². The molecule has 2 aromatic carbocycles. The molecule has 178 valence electrons. The van der Waals surface area contributed by atoms with Crippen molar-refractivity contribution in [3.8, 4) is 0 Å². The highest BCUT2D eigenvalue weighted by Crippen LogP contribution is 2.32. The maximum absolute atomic E-state index is 15.1. The maximum Gasteiger partial charge on any atom is 0.219 e. The second-order valence-electron chi connectivity index (χ2n) is 8.75. The van der Waals surface area contributed by atoms with Crippen molar-refractivity contribution in [2.45, 2.75) is 44.5 Å². The van der Waals surface area contributed by atoms with Gasteiger partial charge in [-0.05, 0) is 36.6 Å². The summed E-state index contributed by atoms with van der Waals surface area (Å²) in [4.78, 5) is 15.4. The molecule has 1 saturated carbocycles. The molecule has 6 nitrogen and oxygen atoms in total. The highest BCUT2D eigenvalue weighted by Gasteiger charge is 2.35. The molecular weight excluding hydrogens is 465 g/mol. The maximum atomic E-state index is 15.1. The van der Waals surface area contributed by atoms with Gasteiger partial charge in [0, 0.05) is 62.0 Å². The smallest absolute Gasteiger partial charge is 0.219 e. The Morgan fingerprint density at radius 2 is 1.79 bits per heavy atom. The number of hydrogen-bond acceptors (Lipinski definition) is 4. The van der Waals surface area contributed by atoms with E-state index in [0.717, 1.165) is 24.9 Å². The first kappa shape index (κ1) is 24.0. The first-order valence-corrected chi connectivity index (χ1v) is 13.2. The van der Waals surface area contributed by atoms with Crippen LogP contribution < -0.4 is 4.90 Å². The van der Waals surface area contributed by atoms with E-state index in [0.29, 0.717) is 42.3 Å². The van der Waals surface area contributed by atoms with Crippen molar-refractivity contribution < 1.29 is 17.6 Å². The van der Waals surface area contributed by atoms with E-state index in [4.69, 9.17) is 11.6 Å². The van der Waals surface area contributed by atoms with Crippen LogP contribution in [0.1, 0.15) is 37.3 Å². The molecule has 9 heteroatoms. The molecule has 1 saturated heterocycles. The third-order valence-corrected chi connectivity index (χ3v) is 8.77. The lowest BCUT2D eigenvalue weighted by Gasteiger charge is -2.37. The van der Waals surface area contributed by atoms with E-state index in [2.05, 4.69) is 0 Å². The molecule has 2 fully saturated rings. The number of piperazine rings is 1. The summed E-state index contributed by atoms with van der Waals surface area (Å²) in [5.74, 6) is -0.576. The molecule has 0 spiro atoms. The van der Waals surface area contributed by atoms with Gasteiger partial charge in [0.1, 0.15) is 5.82 Å². The minimum absolute atomic E-state index is 0.00167. The van der Waals surface area contributed by atoms with Crippen LogP contribution in [-0.4, -0.2) is 55.8 Å². The first-order chi connectivity index (χ1) is 15.7. The summed E-state index contributed by atoms with van der Waals surface area (Å²) in [5, 5.41) is 0.412. The number of hydrogen-bond donors (Lipinski definition) is 0. The number of sulfonamides is 1. The molecule has 0 atom stereocenters. The summed E-state index contributed by atoms with van der Waals surface area (Å²) < 4.78 is 43.2. The molecule has 4 rings (SSSR count). The van der Waals surface area contributed by atoms with E-state index in [1.807, 2.05) is 11.0 Å². The van der Waals surface area contributed by atoms with Crippen LogP contribution in [0.3, 0.4) is 0 Å². The Kier molecular flexibility index (Phi) is 7.26. The van der Waals surface area contributed by atoms with Gasteiger partial charge in [0.25, 0.3) is 0 Å². The molecule has 2 aliphatic rings. The predicted octanol–water partition coefficient (Wildman–Crippen LogP) is 4.03. The number of halogens is 2. The topological polar surface area (TPSA) is 60.9 Å². The second kappa shape index (κ2) is 9.99. The van der Waals surface area contributed by atoms with Gasteiger partial charge >= 0.3 is 0 Å². The van der Waals surface area contributed by atoms with Gasteiger partial charge in [-0.1, -0.05) is 42.3 Å². The van der Waals surface area contributed by atoms with E-state index in [1.54, 1.807) is 42.2 Å². The fraction of sp³-hybridized carbons (Fsp3) is 0.458. The van der Waals surface area contributed by atoms with Crippen LogP contribution in [0.5, 0.6) is 0 Å². The second-order valence-corrected chi connectivity index (χ2v) is 11.1. The summed E-state index contributed by atoms with van der Waals surface area (Å²) in [6.45, 7) is 4.04. The third kappa shape index (κ3) is 5.50. The highest BCUT2D eigenvalue weighted by molar-refractivity contribution is 7.88. The first-order valence-electron chi connectivity index (χ1n) is 11.3. The molecule has 0 aromatic heterocycles. The number of rotatable bonds is 7. The fourth-order valence-corrected chi connectivity index (χ4v) is 6.43. The summed E-state index contributed by atoms with van der Waals surface area (Å²) in [6, 6.07) is 11.8. The summed E-state index contributed by atoms with van der Waals surface area (Å²) in [6.07, 6.45) is 2.53. The predicted molar refractivity (Wildman–Crippen MR) is 128 cm³/mol. The molecule has 2 aromatic rings. The number of anilines is 1. The zero-order chi connectivity index (χ0) is 23.6. The van der Waals surface area contributed by atoms with E-state index in [-0.39, 0.29) is 24.2 Å². The lowest BCUT2D eigenvalue weighted by Crippen LogP contribution is -2.48. The SMILES string of the molecule is CC(=O)N1CCN(c2ccc(CN(C3CCC3)S(=O)(=O)Cc3ccccc3Cl)c(F)c2)CC1. The number of carbonyl (C=O) groups is 1. The lowest BCUT2D eigenvalue weighted by atomic mass is 9.93. The van der Waals surface area contributed by atoms with Crippen molar-refractivity contribution in [3.63, 3.8) is 0 Å². The van der Waals surface area contributed by atoms with Crippen LogP contribution in [0.25, 0.3) is 0 Å². The van der Waals surface area contributed by atoms with Crippen molar-refractivity contribution in [1.82, 2.24) is 9.21 Å². The van der Waals surface area contributed by atoms with Gasteiger partial charge in [-0.15, -0.1) is 0 Å². The van der Waals surface area contributed by atoms with Gasteiger partial charge in [-0.3, -0.25) is 4.79 Å². The van der Waals surface area contributed by atoms with Crippen molar-refractivity contribution in [3.05, 3.63) is 64.4 Å². The highest BCUT2D eigenvalue weighted by atomic mass is 35.5. The number of nitrogens with zero attached hydrogens (tertiary/aromatic N) is 3. The van der Waals surface area contributed by atoms with Gasteiger partial charge in [0.15, 0.2) is 0 Å². The van der Waals surface area contributed by atoms with Crippen LogP contribution in [0.15, 0.2) is 42.5 Å². The fourth-order valence-electron chi connectivity index (χ4n) is 4.33. The monoisotopic (exact) mass is 493 g/mol. The Labute approximate surface area is 200 Å². The van der Waals surface area contributed by atoms with Crippen molar-refractivity contribution in [2.75, 3.05) is 31.1 Å². The Morgan fingerprint density at radius 3 is 2.36 bits per heavy atom. The largest absolute Gasteiger partial charge is 0.368 e. The Hall–Kier alpha value is -2.16. The average Bonchev–Trinajstić information content (AvgIpc) is 2.74. The van der Waals surface area contributed by atoms with Crippen molar-refractivity contribution in [2.24, 2.45) is 0 Å². The number of benzene rings is 2. The lowest BCUT2D eigenvalue weighted by molar-refractivity contribution is -0.129. The van der Waals surface area contributed by atoms with Gasteiger partial charge in [0.2, 0.25) is 15.9 Å². The van der Waals surface area contributed by atoms with Crippen LogP contribution in [0, 0.1) is 5.82 Å². The molecule has 1 amide bonds. The van der Waals surface area contributed by atoms with E-state index < -0.39 is 15.8 Å². The number of carbonyl (C=O) groups excluding carboxylic acids is 1. The molecule has 1 heterocycles. The van der Waals surface area contributed by atoms with Gasteiger partial charge < -0.3 is 9.80 Å². The summed E-state index contributed by atoms with van der Waals surface area (Å²) >= 11 is 6.20. The summed E-state index contributed by atoms with van der Waals surface area (Å²) in [5.41, 5.74) is 1.65. The molecule has 33 heavy (non-hydrogen) atoms. The zero-order valence-corrected chi connectivity index (χ0v) is 20.3. The van der Waals surface area contributed by atoms with E-state index in [9.17, 15) is 13.2 Å². The van der Waals surface area contributed by atoms with Crippen LogP contribution >= 0.6 is 11.6 Å². The van der Waals surface area contributed by atoms with Crippen LogP contribution in [-0.2, 0) is 27.1 Å². The Balaban J connectivity index is 1.50. The van der Waals surface area contributed by atoms with E-state index in [1.165, 1.54) is 10.4 Å². The zero-order valence-electron chi connectivity index (χ0n) is 18.7. The standard InChI is InChI=1S/C24H29ClFN3O3S/c1-18(30)27-11-13-28(14-12-27)22-10-9-19(24(26)15-22)16-29(21-6-4-7-21)33(31,32)17-20-5-2-3-8-23(20)25/h2-3,5,8-10,15,21H,4,6-7,11-14,16-17H2,1H3. The van der Waals surface area contributed by atoms with Gasteiger partial charge in [-0.25, -0.2) is 12.8 Å². The molecule has 1 aliphatic heterocycles. The third-order valence-electron chi connectivity index (χ3n) is 6.59. The Bertz CT molecular complexity index is 1120. The normalized spacial score (nSPS) is 17.3. The molecule has 0 radical (unpaired) electrons. The van der Waals surface area contributed by atoms with Crippen LogP contribution in [0.4, 0.5) is 10.1 Å². The average molecular weight is 494 g/mol. The molecule has 0 bridgehead atoms. The molecule has 0 unspecified atom stereocenters. The van der Waals surface area contributed by atoms with Crippen molar-refractivity contribution in [1.29, 1.82) is 0 Å².